The largest absolute Gasteiger partial charge is 0.379 e. The van der Waals surface area contributed by atoms with E-state index in [-0.39, 0.29) is 0 Å². The lowest BCUT2D eigenvalue weighted by molar-refractivity contribution is 0.0374. The van der Waals surface area contributed by atoms with Gasteiger partial charge in [-0.15, -0.1) is 0 Å². The van der Waals surface area contributed by atoms with Crippen LogP contribution < -0.4 is 0 Å². The van der Waals surface area contributed by atoms with Crippen molar-refractivity contribution in [3.8, 4) is 0 Å². The summed E-state index contributed by atoms with van der Waals surface area (Å²) >= 11 is 0. The SMILES string of the molecule is Cc1ccccc1CCCN1CCOCC1. The Morgan fingerprint density at radius 1 is 1.19 bits per heavy atom. The monoisotopic (exact) mass is 219 g/mol. The summed E-state index contributed by atoms with van der Waals surface area (Å²) in [4.78, 5) is 2.50. The molecule has 1 aromatic carbocycles. The minimum absolute atomic E-state index is 0.907. The van der Waals surface area contributed by atoms with Crippen LogP contribution in [0.5, 0.6) is 0 Å². The van der Waals surface area contributed by atoms with Gasteiger partial charge in [-0.25, -0.2) is 0 Å². The van der Waals surface area contributed by atoms with E-state index in [0.717, 1.165) is 26.3 Å². The molecule has 1 saturated heterocycles. The number of hydrogen-bond acceptors (Lipinski definition) is 2. The molecule has 0 bridgehead atoms. The van der Waals surface area contributed by atoms with E-state index < -0.39 is 0 Å². The Labute approximate surface area is 98.2 Å². The molecule has 1 fully saturated rings. The van der Waals surface area contributed by atoms with Crippen LogP contribution in [0.25, 0.3) is 0 Å². The minimum Gasteiger partial charge on any atom is -0.379 e. The van der Waals surface area contributed by atoms with Gasteiger partial charge >= 0.3 is 0 Å². The first-order chi connectivity index (χ1) is 7.86. The van der Waals surface area contributed by atoms with E-state index in [1.807, 2.05) is 0 Å². The summed E-state index contributed by atoms with van der Waals surface area (Å²) in [7, 11) is 0. The number of ether oxygens (including phenoxy) is 1. The van der Waals surface area contributed by atoms with Crippen molar-refractivity contribution in [2.24, 2.45) is 0 Å². The Bertz CT molecular complexity index is 318. The molecular weight excluding hydrogens is 198 g/mol. The van der Waals surface area contributed by atoms with Crippen LogP contribution in [0, 0.1) is 6.92 Å². The van der Waals surface area contributed by atoms with Gasteiger partial charge in [-0.2, -0.15) is 0 Å². The zero-order valence-electron chi connectivity index (χ0n) is 10.1. The number of benzene rings is 1. The van der Waals surface area contributed by atoms with Gasteiger partial charge in [0.15, 0.2) is 0 Å². The highest BCUT2D eigenvalue weighted by Gasteiger charge is 2.09. The van der Waals surface area contributed by atoms with Gasteiger partial charge in [0.1, 0.15) is 0 Å². The van der Waals surface area contributed by atoms with Crippen LogP contribution in [0.2, 0.25) is 0 Å². The molecule has 0 aromatic heterocycles. The van der Waals surface area contributed by atoms with Crippen LogP contribution in [-0.2, 0) is 11.2 Å². The average molecular weight is 219 g/mol. The van der Waals surface area contributed by atoms with Crippen molar-refractivity contribution >= 4 is 0 Å². The smallest absolute Gasteiger partial charge is 0.0594 e. The van der Waals surface area contributed by atoms with Gasteiger partial charge in [0, 0.05) is 13.1 Å². The Morgan fingerprint density at radius 3 is 2.69 bits per heavy atom. The standard InChI is InChI=1S/C14H21NO/c1-13-5-2-3-6-14(13)7-4-8-15-9-11-16-12-10-15/h2-3,5-6H,4,7-12H2,1H3. The lowest BCUT2D eigenvalue weighted by Crippen LogP contribution is -2.36. The number of hydrogen-bond donors (Lipinski definition) is 0. The average Bonchev–Trinajstić information content (AvgIpc) is 2.33. The fourth-order valence-corrected chi connectivity index (χ4v) is 2.21. The van der Waals surface area contributed by atoms with Crippen molar-refractivity contribution in [3.05, 3.63) is 35.4 Å². The first-order valence-corrected chi connectivity index (χ1v) is 6.21. The molecule has 1 aliphatic rings. The van der Waals surface area contributed by atoms with Crippen LogP contribution in [-0.4, -0.2) is 37.7 Å². The van der Waals surface area contributed by atoms with Crippen molar-refractivity contribution in [1.82, 2.24) is 4.90 Å². The van der Waals surface area contributed by atoms with Crippen LogP contribution in [0.1, 0.15) is 17.5 Å². The number of nitrogens with zero attached hydrogens (tertiary/aromatic N) is 1. The Balaban J connectivity index is 1.73. The van der Waals surface area contributed by atoms with Gasteiger partial charge in [0.25, 0.3) is 0 Å². The lowest BCUT2D eigenvalue weighted by atomic mass is 10.0. The second-order valence-corrected chi connectivity index (χ2v) is 4.48. The molecule has 0 saturated carbocycles. The molecule has 2 heteroatoms. The molecule has 0 atom stereocenters. The predicted molar refractivity (Wildman–Crippen MR) is 66.8 cm³/mol. The van der Waals surface area contributed by atoms with E-state index in [1.54, 1.807) is 0 Å². The maximum absolute atomic E-state index is 5.34. The third-order valence-corrected chi connectivity index (χ3v) is 3.29. The highest BCUT2D eigenvalue weighted by Crippen LogP contribution is 2.10. The lowest BCUT2D eigenvalue weighted by Gasteiger charge is -2.26. The molecule has 0 amide bonds. The summed E-state index contributed by atoms with van der Waals surface area (Å²) in [5, 5.41) is 0. The van der Waals surface area contributed by atoms with Crippen LogP contribution in [0.4, 0.5) is 0 Å². The van der Waals surface area contributed by atoms with E-state index in [9.17, 15) is 0 Å². The molecule has 0 radical (unpaired) electrons. The molecule has 0 spiro atoms. The van der Waals surface area contributed by atoms with Gasteiger partial charge in [-0.1, -0.05) is 24.3 Å². The zero-order chi connectivity index (χ0) is 11.2. The fourth-order valence-electron chi connectivity index (χ4n) is 2.21. The van der Waals surface area contributed by atoms with Gasteiger partial charge in [0.2, 0.25) is 0 Å². The van der Waals surface area contributed by atoms with E-state index in [2.05, 4.69) is 36.1 Å². The first-order valence-electron chi connectivity index (χ1n) is 6.21. The number of aryl methyl sites for hydroxylation is 2. The minimum atomic E-state index is 0.907. The molecule has 1 aliphatic heterocycles. The summed E-state index contributed by atoms with van der Waals surface area (Å²) < 4.78 is 5.34. The van der Waals surface area contributed by atoms with E-state index in [4.69, 9.17) is 4.74 Å². The fraction of sp³-hybridized carbons (Fsp3) is 0.571. The molecule has 88 valence electrons. The van der Waals surface area contributed by atoms with Crippen molar-refractivity contribution in [2.75, 3.05) is 32.8 Å². The quantitative estimate of drug-likeness (QED) is 0.770. The summed E-state index contributed by atoms with van der Waals surface area (Å²) in [5.74, 6) is 0. The molecule has 2 rings (SSSR count). The Kier molecular flexibility index (Phi) is 4.37. The highest BCUT2D eigenvalue weighted by atomic mass is 16.5. The van der Waals surface area contributed by atoms with Crippen molar-refractivity contribution in [1.29, 1.82) is 0 Å². The Hall–Kier alpha value is -0.860. The third-order valence-electron chi connectivity index (χ3n) is 3.29. The first kappa shape index (κ1) is 11.6. The van der Waals surface area contributed by atoms with Crippen molar-refractivity contribution < 1.29 is 4.74 Å². The molecule has 0 N–H and O–H groups in total. The zero-order valence-corrected chi connectivity index (χ0v) is 10.1. The summed E-state index contributed by atoms with van der Waals surface area (Å²) in [6, 6.07) is 8.69. The van der Waals surface area contributed by atoms with Gasteiger partial charge in [-0.3, -0.25) is 4.90 Å². The maximum Gasteiger partial charge on any atom is 0.0594 e. The van der Waals surface area contributed by atoms with Crippen LogP contribution >= 0.6 is 0 Å². The molecule has 1 heterocycles. The molecule has 0 unspecified atom stereocenters. The van der Waals surface area contributed by atoms with Crippen molar-refractivity contribution in [2.45, 2.75) is 19.8 Å². The maximum atomic E-state index is 5.34. The van der Waals surface area contributed by atoms with Gasteiger partial charge < -0.3 is 4.74 Å². The molecular formula is C14H21NO. The van der Waals surface area contributed by atoms with E-state index >= 15 is 0 Å². The second kappa shape index (κ2) is 6.02. The molecule has 2 nitrogen and oxygen atoms in total. The molecule has 16 heavy (non-hydrogen) atoms. The number of morpholine rings is 1. The normalized spacial score (nSPS) is 17.6. The summed E-state index contributed by atoms with van der Waals surface area (Å²) in [6.45, 7) is 7.43. The topological polar surface area (TPSA) is 12.5 Å². The van der Waals surface area contributed by atoms with Gasteiger partial charge in [-0.05, 0) is 37.4 Å². The third kappa shape index (κ3) is 3.32. The Morgan fingerprint density at radius 2 is 1.94 bits per heavy atom. The second-order valence-electron chi connectivity index (χ2n) is 4.48. The van der Waals surface area contributed by atoms with Gasteiger partial charge in [0.05, 0.1) is 13.2 Å². The van der Waals surface area contributed by atoms with Crippen LogP contribution in [0.15, 0.2) is 24.3 Å². The highest BCUT2D eigenvalue weighted by molar-refractivity contribution is 5.25. The summed E-state index contributed by atoms with van der Waals surface area (Å²) in [6.07, 6.45) is 2.45. The van der Waals surface area contributed by atoms with Crippen LogP contribution in [0.3, 0.4) is 0 Å². The van der Waals surface area contributed by atoms with E-state index in [0.29, 0.717) is 0 Å². The number of rotatable bonds is 4. The predicted octanol–water partition coefficient (Wildman–Crippen LogP) is 2.26. The van der Waals surface area contributed by atoms with E-state index in [1.165, 1.54) is 30.5 Å². The summed E-state index contributed by atoms with van der Waals surface area (Å²) in [5.41, 5.74) is 2.92. The molecule has 1 aromatic rings. The van der Waals surface area contributed by atoms with Crippen molar-refractivity contribution in [3.63, 3.8) is 0 Å². The molecule has 0 aliphatic carbocycles.